The second kappa shape index (κ2) is 9.00. The van der Waals surface area contributed by atoms with Crippen LogP contribution in [0.5, 0.6) is 0 Å². The SMILES string of the molecule is CC1C[C@H](C=O)O[C@H]2C1[C@@]1(C)CC[C@@]34CC35CC[C@H](O[C@H]3CN(C6COC6)CCO3)C(C)(C)[C@@H]5CC[C@H]4[C@]1(C)[C@H]2O. The molecule has 1 N–H and O–H groups in total. The van der Waals surface area contributed by atoms with E-state index in [4.69, 9.17) is 18.9 Å². The summed E-state index contributed by atoms with van der Waals surface area (Å²) >= 11 is 0. The van der Waals surface area contributed by atoms with Crippen LogP contribution in [0.2, 0.25) is 0 Å². The fourth-order valence-electron chi connectivity index (χ4n) is 13.3. The Balaban J connectivity index is 1.04. The van der Waals surface area contributed by atoms with E-state index in [1.165, 1.54) is 38.5 Å². The third kappa shape index (κ3) is 3.40. The van der Waals surface area contributed by atoms with Gasteiger partial charge in [0.1, 0.15) is 12.4 Å². The molecule has 7 heteroatoms. The number of ether oxygens (including phenoxy) is 4. The summed E-state index contributed by atoms with van der Waals surface area (Å²) in [6.45, 7) is 16.4. The Hall–Kier alpha value is -0.570. The van der Waals surface area contributed by atoms with Crippen LogP contribution in [0.4, 0.5) is 0 Å². The van der Waals surface area contributed by atoms with Crippen LogP contribution < -0.4 is 0 Å². The van der Waals surface area contributed by atoms with Gasteiger partial charge in [-0.2, -0.15) is 0 Å². The summed E-state index contributed by atoms with van der Waals surface area (Å²) in [6, 6.07) is 0.528. The molecule has 5 aliphatic carbocycles. The highest BCUT2D eigenvalue weighted by molar-refractivity contribution is 5.56. The van der Waals surface area contributed by atoms with Gasteiger partial charge in [-0.25, -0.2) is 0 Å². The number of nitrogens with zero attached hydrogens (tertiary/aromatic N) is 1. The van der Waals surface area contributed by atoms with E-state index in [1.807, 2.05) is 0 Å². The lowest BCUT2D eigenvalue weighted by Crippen LogP contribution is -2.60. The molecule has 8 aliphatic rings. The van der Waals surface area contributed by atoms with E-state index in [2.05, 4.69) is 39.5 Å². The largest absolute Gasteiger partial charge is 0.390 e. The zero-order chi connectivity index (χ0) is 28.6. The number of rotatable bonds is 4. The summed E-state index contributed by atoms with van der Waals surface area (Å²) in [7, 11) is 0. The summed E-state index contributed by atoms with van der Waals surface area (Å²) in [6.07, 6.45) is 9.27. The van der Waals surface area contributed by atoms with E-state index < -0.39 is 6.10 Å². The van der Waals surface area contributed by atoms with Gasteiger partial charge in [-0.1, -0.05) is 34.6 Å². The number of hydrogen-bond donors (Lipinski definition) is 1. The minimum atomic E-state index is -0.501. The molecule has 5 saturated carbocycles. The van der Waals surface area contributed by atoms with Gasteiger partial charge in [-0.05, 0) is 96.7 Å². The van der Waals surface area contributed by atoms with Gasteiger partial charge in [0, 0.05) is 12.0 Å². The molecule has 0 bridgehead atoms. The lowest BCUT2D eigenvalue weighted by atomic mass is 9.41. The molecule has 0 amide bonds. The molecular weight excluding hydrogens is 518 g/mol. The van der Waals surface area contributed by atoms with Crippen LogP contribution in [0, 0.1) is 50.7 Å². The smallest absolute Gasteiger partial charge is 0.170 e. The lowest BCUT2D eigenvalue weighted by molar-refractivity contribution is -0.256. The lowest BCUT2D eigenvalue weighted by Gasteiger charge is -2.64. The number of aldehydes is 1. The number of aliphatic hydroxyl groups is 1. The van der Waals surface area contributed by atoms with Crippen molar-refractivity contribution in [3.63, 3.8) is 0 Å². The van der Waals surface area contributed by atoms with E-state index in [0.29, 0.717) is 40.5 Å². The average molecular weight is 572 g/mol. The Morgan fingerprint density at radius 3 is 2.49 bits per heavy atom. The molecular formula is C34H53NO6. The monoisotopic (exact) mass is 571 g/mol. The van der Waals surface area contributed by atoms with Gasteiger partial charge in [0.05, 0.1) is 50.7 Å². The Morgan fingerprint density at radius 1 is 1.00 bits per heavy atom. The predicted molar refractivity (Wildman–Crippen MR) is 153 cm³/mol. The minimum Gasteiger partial charge on any atom is -0.390 e. The van der Waals surface area contributed by atoms with Crippen molar-refractivity contribution in [2.45, 2.75) is 123 Å². The normalized spacial score (nSPS) is 57.8. The van der Waals surface area contributed by atoms with Gasteiger partial charge in [0.15, 0.2) is 6.29 Å². The van der Waals surface area contributed by atoms with Gasteiger partial charge < -0.3 is 28.8 Å². The van der Waals surface area contributed by atoms with E-state index >= 15 is 0 Å². The van der Waals surface area contributed by atoms with Crippen LogP contribution in [0.3, 0.4) is 0 Å². The first-order valence-electron chi connectivity index (χ1n) is 16.9. The molecule has 3 heterocycles. The Labute approximate surface area is 246 Å². The van der Waals surface area contributed by atoms with E-state index in [-0.39, 0.29) is 40.8 Å². The molecule has 230 valence electrons. The molecule has 3 saturated heterocycles. The molecule has 0 aromatic heterocycles. The highest BCUT2D eigenvalue weighted by atomic mass is 16.7. The van der Waals surface area contributed by atoms with Gasteiger partial charge in [0.25, 0.3) is 0 Å². The molecule has 0 aromatic carbocycles. The van der Waals surface area contributed by atoms with Crippen molar-refractivity contribution in [3.8, 4) is 0 Å². The average Bonchev–Trinajstić information content (AvgIpc) is 3.54. The third-order valence-corrected chi connectivity index (χ3v) is 15.4. The van der Waals surface area contributed by atoms with Gasteiger partial charge in [-0.15, -0.1) is 0 Å². The van der Waals surface area contributed by atoms with Crippen LogP contribution in [0.1, 0.15) is 86.0 Å². The standard InChI is InChI=1S/C34H53NO6/c1-20-14-22(16-36)40-28-27(20)31(4)10-11-34-19-33(34)9-8-25(41-26-15-35(12-13-39-26)21-17-38-18-21)30(2,3)23(33)6-7-24(34)32(31,5)29(28)37/h16,20-29,37H,6-15,17-19H2,1-5H3/t20?,22-,23+,24+,25+,26+,27?,28+,29+,31-,32-,33?,34+/m1/s1. The van der Waals surface area contributed by atoms with E-state index in [0.717, 1.165) is 52.0 Å². The van der Waals surface area contributed by atoms with Crippen LogP contribution >= 0.6 is 0 Å². The number of hydrogen-bond acceptors (Lipinski definition) is 7. The molecule has 7 nitrogen and oxygen atoms in total. The van der Waals surface area contributed by atoms with Crippen molar-refractivity contribution < 1.29 is 28.8 Å². The Kier molecular flexibility index (Phi) is 6.13. The number of fused-ring (bicyclic) bond motifs is 4. The van der Waals surface area contributed by atoms with E-state index in [1.54, 1.807) is 0 Å². The summed E-state index contributed by atoms with van der Waals surface area (Å²) in [5.74, 6) is 1.88. The number of morpholine rings is 1. The van der Waals surface area contributed by atoms with Crippen LogP contribution in [-0.2, 0) is 23.7 Å². The third-order valence-electron chi connectivity index (χ3n) is 15.4. The van der Waals surface area contributed by atoms with Crippen molar-refractivity contribution >= 4 is 6.29 Å². The minimum absolute atomic E-state index is 0.0440. The molecule has 41 heavy (non-hydrogen) atoms. The first-order chi connectivity index (χ1) is 19.5. The Bertz CT molecular complexity index is 1080. The number of aliphatic hydroxyl groups excluding tert-OH is 1. The molecule has 0 radical (unpaired) electrons. The quantitative estimate of drug-likeness (QED) is 0.500. The summed E-state index contributed by atoms with van der Waals surface area (Å²) < 4.78 is 24.9. The number of carbonyl (C=O) groups excluding carboxylic acids is 1. The van der Waals surface area contributed by atoms with Crippen LogP contribution in [0.15, 0.2) is 0 Å². The molecule has 3 unspecified atom stereocenters. The molecule has 2 spiro atoms. The van der Waals surface area contributed by atoms with Crippen LogP contribution in [0.25, 0.3) is 0 Å². The van der Waals surface area contributed by atoms with Gasteiger partial charge in [-0.3, -0.25) is 4.90 Å². The van der Waals surface area contributed by atoms with Crippen molar-refractivity contribution in [2.75, 3.05) is 32.9 Å². The highest BCUT2D eigenvalue weighted by Gasteiger charge is 2.84. The van der Waals surface area contributed by atoms with Gasteiger partial charge >= 0.3 is 0 Å². The molecule has 0 aromatic rings. The second-order valence-corrected chi connectivity index (χ2v) is 16.8. The maximum Gasteiger partial charge on any atom is 0.170 e. The highest BCUT2D eigenvalue weighted by Crippen LogP contribution is 2.89. The maximum atomic E-state index is 12.2. The fourth-order valence-corrected chi connectivity index (χ4v) is 13.3. The first kappa shape index (κ1) is 27.9. The fraction of sp³-hybridized carbons (Fsp3) is 0.971. The van der Waals surface area contributed by atoms with Crippen LogP contribution in [-0.4, -0.2) is 86.0 Å². The Morgan fingerprint density at radius 2 is 1.76 bits per heavy atom. The van der Waals surface area contributed by atoms with Gasteiger partial charge in [0.2, 0.25) is 0 Å². The summed E-state index contributed by atoms with van der Waals surface area (Å²) in [5, 5.41) is 12.2. The first-order valence-corrected chi connectivity index (χ1v) is 16.9. The van der Waals surface area contributed by atoms with Crippen molar-refractivity contribution in [3.05, 3.63) is 0 Å². The summed E-state index contributed by atoms with van der Waals surface area (Å²) in [5.41, 5.74) is 0.663. The topological polar surface area (TPSA) is 77.5 Å². The summed E-state index contributed by atoms with van der Waals surface area (Å²) in [4.78, 5) is 14.3. The molecule has 13 atom stereocenters. The predicted octanol–water partition coefficient (Wildman–Crippen LogP) is 4.44. The molecule has 8 rings (SSSR count). The second-order valence-electron chi connectivity index (χ2n) is 16.8. The van der Waals surface area contributed by atoms with Crippen molar-refractivity contribution in [2.24, 2.45) is 50.7 Å². The zero-order valence-corrected chi connectivity index (χ0v) is 26.0. The van der Waals surface area contributed by atoms with Crippen molar-refractivity contribution in [1.29, 1.82) is 0 Å². The zero-order valence-electron chi connectivity index (χ0n) is 26.0. The molecule has 3 aliphatic heterocycles. The van der Waals surface area contributed by atoms with Crippen molar-refractivity contribution in [1.82, 2.24) is 4.90 Å². The molecule has 8 fully saturated rings. The maximum absolute atomic E-state index is 12.2. The number of carbonyl (C=O) groups is 1. The van der Waals surface area contributed by atoms with E-state index in [9.17, 15) is 9.90 Å².